The SMILES string of the molecule is C[C@@H](OC(=O)/C=C/c1ccccc1F)C(=O)Nc1ccc(C#N)cc1. The number of halogens is 1. The molecular weight excluding hydrogens is 323 g/mol. The molecule has 0 fully saturated rings. The van der Waals surface area contributed by atoms with Crippen LogP contribution in [0.3, 0.4) is 0 Å². The number of ether oxygens (including phenoxy) is 1. The van der Waals surface area contributed by atoms with E-state index in [1.54, 1.807) is 36.4 Å². The monoisotopic (exact) mass is 338 g/mol. The second-order valence-corrected chi connectivity index (χ2v) is 5.11. The molecule has 0 spiro atoms. The van der Waals surface area contributed by atoms with E-state index in [1.165, 1.54) is 25.1 Å². The van der Waals surface area contributed by atoms with Crippen molar-refractivity contribution < 1.29 is 18.7 Å². The summed E-state index contributed by atoms with van der Waals surface area (Å²) >= 11 is 0. The first kappa shape index (κ1) is 17.9. The number of nitriles is 1. The normalized spacial score (nSPS) is 11.6. The Bertz CT molecular complexity index is 838. The number of amides is 1. The van der Waals surface area contributed by atoms with Crippen molar-refractivity contribution >= 4 is 23.6 Å². The maximum absolute atomic E-state index is 13.4. The summed E-state index contributed by atoms with van der Waals surface area (Å²) in [4.78, 5) is 23.7. The average molecular weight is 338 g/mol. The van der Waals surface area contributed by atoms with Gasteiger partial charge in [0.05, 0.1) is 11.6 Å². The number of nitrogens with zero attached hydrogens (tertiary/aromatic N) is 1. The zero-order chi connectivity index (χ0) is 18.2. The lowest BCUT2D eigenvalue weighted by molar-refractivity contribution is -0.148. The highest BCUT2D eigenvalue weighted by Gasteiger charge is 2.16. The third kappa shape index (κ3) is 5.29. The van der Waals surface area contributed by atoms with Crippen LogP contribution in [0.2, 0.25) is 0 Å². The van der Waals surface area contributed by atoms with Gasteiger partial charge in [0.15, 0.2) is 6.10 Å². The molecule has 2 rings (SSSR count). The van der Waals surface area contributed by atoms with Gasteiger partial charge in [0.25, 0.3) is 5.91 Å². The number of nitrogens with one attached hydrogen (secondary N) is 1. The Morgan fingerprint density at radius 3 is 2.52 bits per heavy atom. The molecular formula is C19H15FN2O3. The summed E-state index contributed by atoms with van der Waals surface area (Å²) in [5.41, 5.74) is 1.19. The third-order valence-electron chi connectivity index (χ3n) is 3.25. The fourth-order valence-corrected chi connectivity index (χ4v) is 1.91. The van der Waals surface area contributed by atoms with Gasteiger partial charge < -0.3 is 10.1 Å². The van der Waals surface area contributed by atoms with Crippen molar-refractivity contribution in [3.8, 4) is 6.07 Å². The van der Waals surface area contributed by atoms with Gasteiger partial charge in [-0.05, 0) is 43.3 Å². The third-order valence-corrected chi connectivity index (χ3v) is 3.25. The molecule has 1 atom stereocenters. The Kier molecular flexibility index (Phi) is 6.02. The summed E-state index contributed by atoms with van der Waals surface area (Å²) in [6.07, 6.45) is 1.31. The molecule has 0 aliphatic rings. The van der Waals surface area contributed by atoms with Crippen LogP contribution in [0.4, 0.5) is 10.1 Å². The molecule has 0 aromatic heterocycles. The molecule has 0 radical (unpaired) electrons. The van der Waals surface area contributed by atoms with Crippen LogP contribution in [0, 0.1) is 17.1 Å². The lowest BCUT2D eigenvalue weighted by Crippen LogP contribution is -2.29. The first-order chi connectivity index (χ1) is 12.0. The van der Waals surface area contributed by atoms with Gasteiger partial charge in [-0.1, -0.05) is 18.2 Å². The van der Waals surface area contributed by atoms with Crippen molar-refractivity contribution in [3.63, 3.8) is 0 Å². The second-order valence-electron chi connectivity index (χ2n) is 5.11. The van der Waals surface area contributed by atoms with Crippen molar-refractivity contribution in [2.24, 2.45) is 0 Å². The number of carbonyl (C=O) groups excluding carboxylic acids is 2. The minimum absolute atomic E-state index is 0.245. The summed E-state index contributed by atoms with van der Waals surface area (Å²) in [6.45, 7) is 1.42. The molecule has 6 heteroatoms. The Morgan fingerprint density at radius 1 is 1.20 bits per heavy atom. The van der Waals surface area contributed by atoms with E-state index in [0.717, 1.165) is 6.08 Å². The largest absolute Gasteiger partial charge is 0.449 e. The minimum atomic E-state index is -1.03. The molecule has 0 saturated heterocycles. The van der Waals surface area contributed by atoms with Gasteiger partial charge in [0.2, 0.25) is 0 Å². The standard InChI is InChI=1S/C19H15FN2O3/c1-13(19(24)22-16-9-6-14(12-21)7-10-16)25-18(23)11-8-15-4-2-3-5-17(15)20/h2-11,13H,1H3,(H,22,24)/b11-8+/t13-/m1/s1. The highest BCUT2D eigenvalue weighted by atomic mass is 19.1. The fraction of sp³-hybridized carbons (Fsp3) is 0.105. The van der Waals surface area contributed by atoms with E-state index < -0.39 is 23.8 Å². The van der Waals surface area contributed by atoms with E-state index >= 15 is 0 Å². The molecule has 2 aromatic carbocycles. The number of hydrogen-bond donors (Lipinski definition) is 1. The molecule has 0 saturated carbocycles. The van der Waals surface area contributed by atoms with Crippen LogP contribution in [-0.2, 0) is 14.3 Å². The van der Waals surface area contributed by atoms with Crippen LogP contribution in [0.5, 0.6) is 0 Å². The van der Waals surface area contributed by atoms with Crippen LogP contribution in [0.25, 0.3) is 6.08 Å². The Labute approximate surface area is 144 Å². The number of anilines is 1. The molecule has 1 amide bonds. The molecule has 2 aromatic rings. The summed E-state index contributed by atoms with van der Waals surface area (Å²) in [5.74, 6) is -1.73. The van der Waals surface area contributed by atoms with E-state index in [2.05, 4.69) is 5.32 Å². The number of esters is 1. The van der Waals surface area contributed by atoms with Crippen molar-refractivity contribution in [1.29, 1.82) is 5.26 Å². The minimum Gasteiger partial charge on any atom is -0.449 e. The summed E-state index contributed by atoms with van der Waals surface area (Å²) < 4.78 is 18.4. The number of rotatable bonds is 5. The second kappa shape index (κ2) is 8.41. The number of carbonyl (C=O) groups is 2. The molecule has 0 aliphatic carbocycles. The molecule has 25 heavy (non-hydrogen) atoms. The van der Waals surface area contributed by atoms with Gasteiger partial charge in [0, 0.05) is 17.3 Å². The summed E-state index contributed by atoms with van der Waals surface area (Å²) in [5, 5.41) is 11.3. The molecule has 0 bridgehead atoms. The number of hydrogen-bond acceptors (Lipinski definition) is 4. The Morgan fingerprint density at radius 2 is 1.88 bits per heavy atom. The maximum Gasteiger partial charge on any atom is 0.331 e. The Hall–Kier alpha value is -3.46. The Balaban J connectivity index is 1.90. The lowest BCUT2D eigenvalue weighted by atomic mass is 10.2. The quantitative estimate of drug-likeness (QED) is 0.670. The van der Waals surface area contributed by atoms with Crippen LogP contribution < -0.4 is 5.32 Å². The van der Waals surface area contributed by atoms with Crippen molar-refractivity contribution in [1.82, 2.24) is 0 Å². The maximum atomic E-state index is 13.4. The van der Waals surface area contributed by atoms with Gasteiger partial charge in [0.1, 0.15) is 5.82 Å². The lowest BCUT2D eigenvalue weighted by Gasteiger charge is -2.12. The predicted octanol–water partition coefficient (Wildman–Crippen LogP) is 3.28. The molecule has 0 aliphatic heterocycles. The van der Waals surface area contributed by atoms with Crippen molar-refractivity contribution in [3.05, 3.63) is 71.6 Å². The van der Waals surface area contributed by atoms with Gasteiger partial charge in [-0.25, -0.2) is 9.18 Å². The van der Waals surface area contributed by atoms with Crippen molar-refractivity contribution in [2.45, 2.75) is 13.0 Å². The topological polar surface area (TPSA) is 79.2 Å². The van der Waals surface area contributed by atoms with Crippen LogP contribution in [0.1, 0.15) is 18.1 Å². The van der Waals surface area contributed by atoms with Gasteiger partial charge in [-0.2, -0.15) is 5.26 Å². The van der Waals surface area contributed by atoms with E-state index in [4.69, 9.17) is 10.00 Å². The van der Waals surface area contributed by atoms with Crippen LogP contribution in [0.15, 0.2) is 54.6 Å². The van der Waals surface area contributed by atoms with E-state index in [1.807, 2.05) is 6.07 Å². The van der Waals surface area contributed by atoms with Crippen molar-refractivity contribution in [2.75, 3.05) is 5.32 Å². The fourth-order valence-electron chi connectivity index (χ4n) is 1.91. The smallest absolute Gasteiger partial charge is 0.331 e. The molecule has 126 valence electrons. The summed E-state index contributed by atoms with van der Waals surface area (Å²) in [7, 11) is 0. The van der Waals surface area contributed by atoms with Gasteiger partial charge >= 0.3 is 5.97 Å². The first-order valence-corrected chi connectivity index (χ1v) is 7.44. The first-order valence-electron chi connectivity index (χ1n) is 7.44. The van der Waals surface area contributed by atoms with E-state index in [9.17, 15) is 14.0 Å². The van der Waals surface area contributed by atoms with Crippen LogP contribution in [-0.4, -0.2) is 18.0 Å². The average Bonchev–Trinajstić information content (AvgIpc) is 2.61. The molecule has 0 heterocycles. The predicted molar refractivity (Wildman–Crippen MR) is 90.8 cm³/mol. The molecule has 0 unspecified atom stereocenters. The zero-order valence-electron chi connectivity index (χ0n) is 13.4. The zero-order valence-corrected chi connectivity index (χ0v) is 13.4. The molecule has 1 N–H and O–H groups in total. The van der Waals surface area contributed by atoms with Gasteiger partial charge in [-0.15, -0.1) is 0 Å². The van der Waals surface area contributed by atoms with Crippen LogP contribution >= 0.6 is 0 Å². The van der Waals surface area contributed by atoms with E-state index in [0.29, 0.717) is 11.3 Å². The molecule has 5 nitrogen and oxygen atoms in total. The van der Waals surface area contributed by atoms with E-state index in [-0.39, 0.29) is 5.56 Å². The number of benzene rings is 2. The highest BCUT2D eigenvalue weighted by Crippen LogP contribution is 2.11. The summed E-state index contributed by atoms with van der Waals surface area (Å²) in [6, 6.07) is 14.2. The van der Waals surface area contributed by atoms with Gasteiger partial charge in [-0.3, -0.25) is 4.79 Å². The highest BCUT2D eigenvalue weighted by molar-refractivity contribution is 5.96.